The minimum absolute atomic E-state index is 0.0739. The Morgan fingerprint density at radius 1 is 1.32 bits per heavy atom. The molecule has 3 saturated carbocycles. The molecule has 0 spiro atoms. The summed E-state index contributed by atoms with van der Waals surface area (Å²) < 4.78 is 0. The molecule has 0 aromatic carbocycles. The van der Waals surface area contributed by atoms with Crippen molar-refractivity contribution in [3.05, 3.63) is 28.7 Å². The van der Waals surface area contributed by atoms with Gasteiger partial charge in [-0.25, -0.2) is 0 Å². The van der Waals surface area contributed by atoms with Crippen molar-refractivity contribution in [2.45, 2.75) is 50.4 Å². The van der Waals surface area contributed by atoms with E-state index in [9.17, 15) is 9.70 Å². The van der Waals surface area contributed by atoms with Gasteiger partial charge in [0.15, 0.2) is 5.78 Å². The summed E-state index contributed by atoms with van der Waals surface area (Å²) in [6.07, 6.45) is 11.3. The van der Waals surface area contributed by atoms with Crippen molar-refractivity contribution in [3.63, 3.8) is 0 Å². The molecule has 7 atom stereocenters. The number of fused-ring (bicyclic) bond motifs is 5. The topological polar surface area (TPSA) is 46.5 Å². The van der Waals surface area contributed by atoms with Crippen LogP contribution in [0, 0.1) is 34.5 Å². The number of carbonyl (C=O) groups excluding carboxylic acids is 1. The van der Waals surface area contributed by atoms with E-state index >= 15 is 0 Å². The van der Waals surface area contributed by atoms with Gasteiger partial charge in [0.25, 0.3) is 0 Å². The maximum atomic E-state index is 11.6. The van der Waals surface area contributed by atoms with E-state index in [0.717, 1.165) is 25.2 Å². The van der Waals surface area contributed by atoms with Gasteiger partial charge in [0.2, 0.25) is 0 Å². The molecule has 22 heavy (non-hydrogen) atoms. The van der Waals surface area contributed by atoms with Crippen LogP contribution in [0.2, 0.25) is 5.31 Å². The Bertz CT molecular complexity index is 580. The summed E-state index contributed by atoms with van der Waals surface area (Å²) >= 11 is 0. The number of ketones is 1. The summed E-state index contributed by atoms with van der Waals surface area (Å²) in [5.41, 5.74) is 1.25. The van der Waals surface area contributed by atoms with E-state index < -0.39 is 0 Å². The Labute approximate surface area is 133 Å². The third-order valence-electron chi connectivity index (χ3n) is 7.17. The highest BCUT2D eigenvalue weighted by atomic mass is 16.3. The molecule has 0 radical (unpaired) electrons. The molecule has 0 saturated heterocycles. The third-order valence-corrected chi connectivity index (χ3v) is 7.17. The van der Waals surface area contributed by atoms with Crippen LogP contribution >= 0.6 is 0 Å². The average molecular weight is 297 g/mol. The van der Waals surface area contributed by atoms with Crippen LogP contribution in [-0.2, 0) is 4.79 Å². The quantitative estimate of drug-likeness (QED) is 0.551. The van der Waals surface area contributed by atoms with Gasteiger partial charge in [-0.1, -0.05) is 41.9 Å². The number of hydrogen-bond acceptors (Lipinski definition) is 3. The lowest BCUT2D eigenvalue weighted by Gasteiger charge is -2.51. The molecule has 116 valence electrons. The van der Waals surface area contributed by atoms with Crippen molar-refractivity contribution in [1.82, 2.24) is 0 Å². The van der Waals surface area contributed by atoms with Gasteiger partial charge >= 0.3 is 0 Å². The van der Waals surface area contributed by atoms with E-state index in [0.29, 0.717) is 23.1 Å². The van der Waals surface area contributed by atoms with Crippen molar-refractivity contribution in [2.75, 3.05) is 0 Å². The molecule has 4 rings (SSSR count). The first-order valence-electron chi connectivity index (χ1n) is 8.76. The molecule has 3 nitrogen and oxygen atoms in total. The predicted octanol–water partition coefficient (Wildman–Crippen LogP) is 3.07. The Morgan fingerprint density at radius 3 is 2.91 bits per heavy atom. The molecule has 0 aliphatic heterocycles. The van der Waals surface area contributed by atoms with Crippen molar-refractivity contribution in [3.8, 4) is 0 Å². The van der Waals surface area contributed by atoms with Gasteiger partial charge in [0.05, 0.1) is 6.04 Å². The van der Waals surface area contributed by atoms with Crippen molar-refractivity contribution in [2.24, 2.45) is 34.8 Å². The second kappa shape index (κ2) is 4.91. The lowest BCUT2D eigenvalue weighted by molar-refractivity contribution is -0.110. The minimum atomic E-state index is -0.0739. The van der Waals surface area contributed by atoms with E-state index in [4.69, 9.17) is 0 Å². The fourth-order valence-corrected chi connectivity index (χ4v) is 6.12. The predicted molar refractivity (Wildman–Crippen MR) is 89.3 cm³/mol. The van der Waals surface area contributed by atoms with Crippen LogP contribution in [0.25, 0.3) is 0 Å². The van der Waals surface area contributed by atoms with Crippen LogP contribution in [0.1, 0.15) is 39.0 Å². The third kappa shape index (κ3) is 1.99. The highest BCUT2D eigenvalue weighted by Gasteiger charge is 2.55. The second-order valence-corrected chi connectivity index (χ2v) is 8.49. The molecule has 0 heterocycles. The maximum Gasteiger partial charge on any atom is 0.178 e. The highest BCUT2D eigenvalue weighted by molar-refractivity contribution is 6.15. The van der Waals surface area contributed by atoms with Gasteiger partial charge in [-0.2, -0.15) is 4.91 Å². The lowest BCUT2D eigenvalue weighted by Crippen LogP contribution is -2.48. The highest BCUT2D eigenvalue weighted by Crippen LogP contribution is 2.63. The summed E-state index contributed by atoms with van der Waals surface area (Å²) in [6, 6.07) is -0.0739. The van der Waals surface area contributed by atoms with Crippen LogP contribution in [-0.4, -0.2) is 19.7 Å². The Balaban J connectivity index is 1.70. The molecule has 4 heteroatoms. The van der Waals surface area contributed by atoms with E-state index in [1.807, 2.05) is 6.08 Å². The van der Waals surface area contributed by atoms with Gasteiger partial charge in [-0.15, -0.1) is 0 Å². The largest absolute Gasteiger partial charge is 0.290 e. The van der Waals surface area contributed by atoms with Gasteiger partial charge in [-0.3, -0.25) is 4.79 Å². The molecule has 0 bridgehead atoms. The van der Waals surface area contributed by atoms with E-state index in [2.05, 4.69) is 26.0 Å². The Morgan fingerprint density at radius 2 is 2.14 bits per heavy atom. The summed E-state index contributed by atoms with van der Waals surface area (Å²) in [6.45, 7) is 2.37. The van der Waals surface area contributed by atoms with Gasteiger partial charge in [0.1, 0.15) is 7.85 Å². The number of nitrogens with zero attached hydrogens (tertiary/aromatic N) is 1. The van der Waals surface area contributed by atoms with E-state index in [1.165, 1.54) is 18.4 Å². The molecule has 4 unspecified atom stereocenters. The van der Waals surface area contributed by atoms with Crippen molar-refractivity contribution >= 4 is 13.6 Å². The zero-order valence-corrected chi connectivity index (χ0v) is 13.5. The van der Waals surface area contributed by atoms with Gasteiger partial charge < -0.3 is 0 Å². The number of hydrogen-bond donors (Lipinski definition) is 0. The van der Waals surface area contributed by atoms with Gasteiger partial charge in [0, 0.05) is 5.92 Å². The standard InChI is InChI=1S/C18H24BNO2/c1-18(19)7-6-13-14-4-2-10-8-11(21)3-5-12(10)17(14)16(20-22)9-15(13)18/h3,5,8,12-17H,2,4,6-7,9,19H2,1H3/t12-,13?,14?,15-,16-,17?,18?/m0/s1. The summed E-state index contributed by atoms with van der Waals surface area (Å²) in [4.78, 5) is 23.2. The summed E-state index contributed by atoms with van der Waals surface area (Å²) in [5.74, 6) is 2.74. The second-order valence-electron chi connectivity index (χ2n) is 8.49. The molecule has 0 N–H and O–H groups in total. The Hall–Kier alpha value is -1.19. The fourth-order valence-electron chi connectivity index (χ4n) is 6.12. The van der Waals surface area contributed by atoms with Crippen LogP contribution < -0.4 is 0 Å². The number of carbonyl (C=O) groups is 1. The van der Waals surface area contributed by atoms with Crippen LogP contribution in [0.4, 0.5) is 0 Å². The first-order chi connectivity index (χ1) is 10.5. The monoisotopic (exact) mass is 297 g/mol. The Kier molecular flexibility index (Phi) is 3.21. The molecular weight excluding hydrogens is 273 g/mol. The van der Waals surface area contributed by atoms with Gasteiger partial charge in [-0.05, 0) is 55.1 Å². The minimum Gasteiger partial charge on any atom is -0.290 e. The van der Waals surface area contributed by atoms with Crippen molar-refractivity contribution in [1.29, 1.82) is 0 Å². The average Bonchev–Trinajstić information content (AvgIpc) is 2.81. The molecule has 4 aliphatic rings. The summed E-state index contributed by atoms with van der Waals surface area (Å²) in [5, 5.41) is 3.93. The van der Waals surface area contributed by atoms with Crippen molar-refractivity contribution < 1.29 is 4.79 Å². The van der Waals surface area contributed by atoms with Crippen LogP contribution in [0.3, 0.4) is 0 Å². The van der Waals surface area contributed by atoms with E-state index in [1.54, 1.807) is 6.08 Å². The first kappa shape index (κ1) is 14.4. The molecule has 0 aromatic rings. The number of rotatable bonds is 1. The molecule has 4 aliphatic carbocycles. The zero-order valence-electron chi connectivity index (χ0n) is 13.5. The molecule has 0 aromatic heterocycles. The van der Waals surface area contributed by atoms with Crippen LogP contribution in [0.15, 0.2) is 29.0 Å². The number of nitroso groups, excluding NO2 is 1. The fraction of sp³-hybridized carbons (Fsp3) is 0.722. The normalized spacial score (nSPS) is 49.9. The number of allylic oxidation sites excluding steroid dienone is 4. The SMILES string of the molecule is BC1(C)CCC2C3CCC4=CC(=O)C=C[C@@H]4C3[C@@H](N=O)C[C@@H]21. The molecule has 3 fully saturated rings. The van der Waals surface area contributed by atoms with Crippen LogP contribution in [0.5, 0.6) is 0 Å². The smallest absolute Gasteiger partial charge is 0.178 e. The van der Waals surface area contributed by atoms with E-state index in [-0.39, 0.29) is 17.7 Å². The molecular formula is C18H24BNO2. The maximum absolute atomic E-state index is 11.6. The summed E-state index contributed by atoms with van der Waals surface area (Å²) in [7, 11) is 2.37. The lowest BCUT2D eigenvalue weighted by atomic mass is 9.51. The molecule has 0 amide bonds. The zero-order chi connectivity index (χ0) is 15.5. The first-order valence-corrected chi connectivity index (χ1v) is 8.76.